The number of urea groups is 1. The molecule has 0 spiro atoms. The van der Waals surface area contributed by atoms with E-state index in [4.69, 9.17) is 0 Å². The van der Waals surface area contributed by atoms with Gasteiger partial charge in [0.15, 0.2) is 0 Å². The molecular weight excluding hydrogens is 376 g/mol. The fourth-order valence-corrected chi connectivity index (χ4v) is 3.51. The summed E-state index contributed by atoms with van der Waals surface area (Å²) in [7, 11) is -0.0698. The maximum atomic E-state index is 11.9. The number of benzene rings is 2. The monoisotopic (exact) mass is 404 g/mol. The molecule has 0 aliphatic rings. The fourth-order valence-electron chi connectivity index (χ4n) is 2.71. The standard InChI is InChI=1S/C20H28N4O3S/c1-21-28(26,27)19-11-6-10-18(14-19)15-23-20(25)22-12-7-13-24(2)16-17-8-4-3-5-9-17/h3-6,8-11,14,21H,7,12-13,15-16H2,1-2H3,(H2,22,23,25). The van der Waals surface area contributed by atoms with Gasteiger partial charge in [0, 0.05) is 19.6 Å². The first-order valence-electron chi connectivity index (χ1n) is 9.17. The molecule has 2 aromatic carbocycles. The Balaban J connectivity index is 1.67. The molecular formula is C20H28N4O3S. The summed E-state index contributed by atoms with van der Waals surface area (Å²) in [4.78, 5) is 14.3. The van der Waals surface area contributed by atoms with Gasteiger partial charge in [-0.25, -0.2) is 17.9 Å². The lowest BCUT2D eigenvalue weighted by atomic mass is 10.2. The summed E-state index contributed by atoms with van der Waals surface area (Å²) in [6, 6.07) is 16.5. The van der Waals surface area contributed by atoms with Gasteiger partial charge in [-0.15, -0.1) is 0 Å². The molecule has 0 saturated carbocycles. The van der Waals surface area contributed by atoms with Crippen LogP contribution in [0, 0.1) is 0 Å². The molecule has 152 valence electrons. The number of hydrogen-bond acceptors (Lipinski definition) is 4. The maximum absolute atomic E-state index is 11.9. The third-order valence-electron chi connectivity index (χ3n) is 4.23. The minimum absolute atomic E-state index is 0.177. The minimum atomic E-state index is -3.49. The molecule has 2 rings (SSSR count). The van der Waals surface area contributed by atoms with Gasteiger partial charge in [-0.1, -0.05) is 42.5 Å². The van der Waals surface area contributed by atoms with E-state index in [0.717, 1.165) is 19.5 Å². The SMILES string of the molecule is CNS(=O)(=O)c1cccc(CNC(=O)NCCCN(C)Cc2ccccc2)c1. The predicted octanol–water partition coefficient (Wildman–Crippen LogP) is 1.92. The first-order chi connectivity index (χ1) is 13.4. The minimum Gasteiger partial charge on any atom is -0.338 e. The molecule has 8 heteroatoms. The Morgan fingerprint density at radius 1 is 1.00 bits per heavy atom. The number of carbonyl (C=O) groups is 1. The Hall–Kier alpha value is -2.42. The topological polar surface area (TPSA) is 90.5 Å². The maximum Gasteiger partial charge on any atom is 0.315 e. The molecule has 2 amide bonds. The molecule has 0 heterocycles. The third-order valence-corrected chi connectivity index (χ3v) is 5.64. The normalized spacial score (nSPS) is 11.4. The summed E-state index contributed by atoms with van der Waals surface area (Å²) in [5.41, 5.74) is 1.98. The van der Waals surface area contributed by atoms with Crippen LogP contribution in [0.3, 0.4) is 0 Å². The van der Waals surface area contributed by atoms with E-state index in [0.29, 0.717) is 12.1 Å². The van der Waals surface area contributed by atoms with Crippen molar-refractivity contribution in [3.05, 3.63) is 65.7 Å². The zero-order valence-electron chi connectivity index (χ0n) is 16.3. The zero-order chi connectivity index (χ0) is 20.4. The largest absolute Gasteiger partial charge is 0.338 e. The Kier molecular flexibility index (Phi) is 8.43. The van der Waals surface area contributed by atoms with E-state index in [1.54, 1.807) is 18.2 Å². The lowest BCUT2D eigenvalue weighted by molar-refractivity contribution is 0.239. The van der Waals surface area contributed by atoms with Crippen molar-refractivity contribution in [1.29, 1.82) is 0 Å². The van der Waals surface area contributed by atoms with Gasteiger partial charge >= 0.3 is 6.03 Å². The highest BCUT2D eigenvalue weighted by molar-refractivity contribution is 7.89. The van der Waals surface area contributed by atoms with E-state index in [9.17, 15) is 13.2 Å². The van der Waals surface area contributed by atoms with E-state index < -0.39 is 10.0 Å². The summed E-state index contributed by atoms with van der Waals surface area (Å²) in [6.45, 7) is 2.57. The highest BCUT2D eigenvalue weighted by Gasteiger charge is 2.11. The molecule has 0 atom stereocenters. The molecule has 0 radical (unpaired) electrons. The van der Waals surface area contributed by atoms with E-state index in [1.807, 2.05) is 18.2 Å². The second-order valence-electron chi connectivity index (χ2n) is 6.54. The van der Waals surface area contributed by atoms with E-state index in [2.05, 4.69) is 39.4 Å². The number of hydrogen-bond donors (Lipinski definition) is 3. The van der Waals surface area contributed by atoms with Crippen molar-refractivity contribution >= 4 is 16.1 Å². The lowest BCUT2D eigenvalue weighted by Gasteiger charge is -2.16. The molecule has 3 N–H and O–H groups in total. The molecule has 28 heavy (non-hydrogen) atoms. The Labute approximate surface area is 167 Å². The van der Waals surface area contributed by atoms with Crippen LogP contribution in [-0.4, -0.2) is 46.5 Å². The van der Waals surface area contributed by atoms with Crippen molar-refractivity contribution in [1.82, 2.24) is 20.3 Å². The van der Waals surface area contributed by atoms with Crippen LogP contribution in [-0.2, 0) is 23.1 Å². The van der Waals surface area contributed by atoms with Crippen LogP contribution >= 0.6 is 0 Å². The molecule has 0 fully saturated rings. The van der Waals surface area contributed by atoms with Crippen molar-refractivity contribution in [2.24, 2.45) is 0 Å². The van der Waals surface area contributed by atoms with Gasteiger partial charge in [0.25, 0.3) is 0 Å². The quantitative estimate of drug-likeness (QED) is 0.528. The molecule has 0 bridgehead atoms. The average molecular weight is 405 g/mol. The van der Waals surface area contributed by atoms with Gasteiger partial charge in [0.1, 0.15) is 0 Å². The number of sulfonamides is 1. The summed E-state index contributed by atoms with van der Waals surface area (Å²) >= 11 is 0. The second-order valence-corrected chi connectivity index (χ2v) is 8.43. The van der Waals surface area contributed by atoms with Gasteiger partial charge in [0.05, 0.1) is 4.90 Å². The second kappa shape index (κ2) is 10.8. The number of nitrogens with one attached hydrogen (secondary N) is 3. The van der Waals surface area contributed by atoms with Crippen LogP contribution in [0.1, 0.15) is 17.5 Å². The zero-order valence-corrected chi connectivity index (χ0v) is 17.1. The van der Waals surface area contributed by atoms with Crippen LogP contribution in [0.2, 0.25) is 0 Å². The molecule has 0 aliphatic carbocycles. The molecule has 0 saturated heterocycles. The Morgan fingerprint density at radius 3 is 2.43 bits per heavy atom. The Morgan fingerprint density at radius 2 is 1.71 bits per heavy atom. The van der Waals surface area contributed by atoms with Crippen LogP contribution in [0.4, 0.5) is 4.79 Å². The van der Waals surface area contributed by atoms with E-state index in [1.165, 1.54) is 18.7 Å². The fraction of sp³-hybridized carbons (Fsp3) is 0.350. The van der Waals surface area contributed by atoms with Crippen molar-refractivity contribution in [3.8, 4) is 0 Å². The van der Waals surface area contributed by atoms with Crippen molar-refractivity contribution < 1.29 is 13.2 Å². The van der Waals surface area contributed by atoms with E-state index in [-0.39, 0.29) is 17.5 Å². The summed E-state index contributed by atoms with van der Waals surface area (Å²) in [5, 5.41) is 5.57. The van der Waals surface area contributed by atoms with Crippen molar-refractivity contribution in [2.75, 3.05) is 27.2 Å². The van der Waals surface area contributed by atoms with Crippen LogP contribution in [0.25, 0.3) is 0 Å². The first kappa shape index (κ1) is 21.9. The average Bonchev–Trinajstić information content (AvgIpc) is 2.70. The predicted molar refractivity (Wildman–Crippen MR) is 110 cm³/mol. The number of nitrogens with zero attached hydrogens (tertiary/aromatic N) is 1. The molecule has 0 unspecified atom stereocenters. The van der Waals surface area contributed by atoms with Gasteiger partial charge < -0.3 is 15.5 Å². The summed E-state index contributed by atoms with van der Waals surface area (Å²) in [5.74, 6) is 0. The third kappa shape index (κ3) is 7.30. The van der Waals surface area contributed by atoms with Crippen LogP contribution < -0.4 is 15.4 Å². The highest BCUT2D eigenvalue weighted by atomic mass is 32.2. The highest BCUT2D eigenvalue weighted by Crippen LogP contribution is 2.10. The molecule has 2 aromatic rings. The molecule has 0 aromatic heterocycles. The van der Waals surface area contributed by atoms with Crippen molar-refractivity contribution in [2.45, 2.75) is 24.4 Å². The van der Waals surface area contributed by atoms with Gasteiger partial charge in [-0.05, 0) is 50.3 Å². The van der Waals surface area contributed by atoms with Crippen molar-refractivity contribution in [3.63, 3.8) is 0 Å². The molecule has 7 nitrogen and oxygen atoms in total. The van der Waals surface area contributed by atoms with E-state index >= 15 is 0 Å². The smallest absolute Gasteiger partial charge is 0.315 e. The number of rotatable bonds is 10. The van der Waals surface area contributed by atoms with Crippen LogP contribution in [0.5, 0.6) is 0 Å². The lowest BCUT2D eigenvalue weighted by Crippen LogP contribution is -2.36. The summed E-state index contributed by atoms with van der Waals surface area (Å²) < 4.78 is 25.9. The molecule has 0 aliphatic heterocycles. The first-order valence-corrected chi connectivity index (χ1v) is 10.7. The van der Waals surface area contributed by atoms with Gasteiger partial charge in [-0.3, -0.25) is 0 Å². The Bertz CT molecular complexity index is 857. The number of amides is 2. The van der Waals surface area contributed by atoms with Crippen LogP contribution in [0.15, 0.2) is 59.5 Å². The van der Waals surface area contributed by atoms with Gasteiger partial charge in [-0.2, -0.15) is 0 Å². The summed E-state index contributed by atoms with van der Waals surface area (Å²) in [6.07, 6.45) is 0.840. The van der Waals surface area contributed by atoms with Gasteiger partial charge in [0.2, 0.25) is 10.0 Å². The number of carbonyl (C=O) groups excluding carboxylic acids is 1.